The lowest BCUT2D eigenvalue weighted by molar-refractivity contribution is 0.0600. The number of carbonyl (C=O) groups is 1. The van der Waals surface area contributed by atoms with E-state index in [4.69, 9.17) is 14.2 Å². The molecule has 8 nitrogen and oxygen atoms in total. The third-order valence-corrected chi connectivity index (χ3v) is 5.93. The van der Waals surface area contributed by atoms with Crippen molar-refractivity contribution in [2.24, 2.45) is 4.99 Å². The topological polar surface area (TPSA) is 107 Å². The first-order valence-corrected chi connectivity index (χ1v) is 11.7. The number of sulfone groups is 1. The Morgan fingerprint density at radius 1 is 1.09 bits per heavy atom. The number of ether oxygens (including phenoxy) is 3. The van der Waals surface area contributed by atoms with Gasteiger partial charge in [0.15, 0.2) is 9.84 Å². The second kappa shape index (κ2) is 8.51. The van der Waals surface area contributed by atoms with Crippen LogP contribution in [0, 0.1) is 0 Å². The van der Waals surface area contributed by atoms with Crippen molar-refractivity contribution in [2.75, 3.05) is 20.0 Å². The number of esters is 1. The number of hydrogen-bond acceptors (Lipinski definition) is 7. The van der Waals surface area contributed by atoms with Gasteiger partial charge < -0.3 is 19.2 Å². The van der Waals surface area contributed by atoms with Crippen molar-refractivity contribution in [3.05, 3.63) is 65.9 Å². The summed E-state index contributed by atoms with van der Waals surface area (Å²) in [4.78, 5) is 20.1. The zero-order valence-corrected chi connectivity index (χ0v) is 18.6. The summed E-state index contributed by atoms with van der Waals surface area (Å²) in [6.45, 7) is 2.51. The maximum absolute atomic E-state index is 12.2. The van der Waals surface area contributed by atoms with Gasteiger partial charge in [-0.2, -0.15) is 0 Å². The molecule has 0 aliphatic carbocycles. The average molecular weight is 455 g/mol. The van der Waals surface area contributed by atoms with E-state index in [1.54, 1.807) is 24.3 Å². The highest BCUT2D eigenvalue weighted by atomic mass is 32.2. The number of nitrogens with zero attached hydrogens (tertiary/aromatic N) is 1. The van der Waals surface area contributed by atoms with Crippen LogP contribution in [-0.2, 0) is 19.3 Å². The van der Waals surface area contributed by atoms with E-state index in [2.05, 4.69) is 9.98 Å². The van der Waals surface area contributed by atoms with Gasteiger partial charge in [0.05, 0.1) is 23.6 Å². The molecule has 1 atom stereocenters. The van der Waals surface area contributed by atoms with E-state index in [0.717, 1.165) is 17.6 Å². The van der Waals surface area contributed by atoms with Crippen LogP contribution < -0.4 is 4.74 Å². The highest BCUT2D eigenvalue weighted by molar-refractivity contribution is 7.90. The third kappa shape index (κ3) is 4.67. The number of aromatic nitrogens is 1. The molecule has 0 saturated heterocycles. The fraction of sp³-hybridized carbons (Fsp3) is 0.217. The summed E-state index contributed by atoms with van der Waals surface area (Å²) in [5.41, 5.74) is 2.43. The molecule has 1 aliphatic rings. The fourth-order valence-corrected chi connectivity index (χ4v) is 3.92. The number of benzene rings is 2. The summed E-state index contributed by atoms with van der Waals surface area (Å²) in [6.07, 6.45) is 1.13. The SMILES string of the molecule is COC(=O)c1cc(Oc2cccc(S(C)(=O)=O)c2)cc(-c2ccc(C3=N[C@H](C)CO3)[nH]2)c1. The smallest absolute Gasteiger partial charge is 0.338 e. The number of H-pyrrole nitrogens is 1. The molecule has 3 aromatic rings. The molecule has 0 fully saturated rings. The van der Waals surface area contributed by atoms with Crippen molar-refractivity contribution in [3.8, 4) is 22.8 Å². The Hall–Kier alpha value is -3.59. The lowest BCUT2D eigenvalue weighted by atomic mass is 10.1. The summed E-state index contributed by atoms with van der Waals surface area (Å²) in [6, 6.07) is 14.9. The molecule has 0 unspecified atom stereocenters. The molecule has 2 aromatic carbocycles. The fourth-order valence-electron chi connectivity index (χ4n) is 3.26. The number of aromatic amines is 1. The second-order valence-electron chi connectivity index (χ2n) is 7.47. The highest BCUT2D eigenvalue weighted by Gasteiger charge is 2.19. The van der Waals surface area contributed by atoms with Gasteiger partial charge in [-0.25, -0.2) is 18.2 Å². The van der Waals surface area contributed by atoms with Crippen molar-refractivity contribution in [3.63, 3.8) is 0 Å². The van der Waals surface area contributed by atoms with Gasteiger partial charge in [0.2, 0.25) is 5.90 Å². The first kappa shape index (κ1) is 21.6. The number of nitrogens with one attached hydrogen (secondary N) is 1. The Bertz CT molecular complexity index is 1310. The van der Waals surface area contributed by atoms with Crippen LogP contribution in [0.15, 0.2) is 64.5 Å². The molecule has 0 radical (unpaired) electrons. The quantitative estimate of drug-likeness (QED) is 0.567. The normalized spacial score (nSPS) is 15.7. The monoisotopic (exact) mass is 454 g/mol. The zero-order valence-electron chi connectivity index (χ0n) is 17.8. The van der Waals surface area contributed by atoms with Crippen molar-refractivity contribution >= 4 is 21.7 Å². The molecule has 1 N–H and O–H groups in total. The minimum atomic E-state index is -3.39. The van der Waals surface area contributed by atoms with Crippen molar-refractivity contribution < 1.29 is 27.4 Å². The Morgan fingerprint density at radius 2 is 1.88 bits per heavy atom. The molecule has 166 valence electrons. The maximum Gasteiger partial charge on any atom is 0.338 e. The average Bonchev–Trinajstić information content (AvgIpc) is 3.42. The Balaban J connectivity index is 1.70. The summed E-state index contributed by atoms with van der Waals surface area (Å²) >= 11 is 0. The molecule has 0 bridgehead atoms. The molecule has 2 heterocycles. The number of aliphatic imine (C=N–C) groups is 1. The van der Waals surface area contributed by atoms with Gasteiger partial charge >= 0.3 is 5.97 Å². The van der Waals surface area contributed by atoms with Gasteiger partial charge in [-0.1, -0.05) is 6.07 Å². The Kier molecular flexibility index (Phi) is 5.75. The molecule has 0 saturated carbocycles. The van der Waals surface area contributed by atoms with Gasteiger partial charge in [-0.05, 0) is 55.5 Å². The first-order chi connectivity index (χ1) is 15.2. The van der Waals surface area contributed by atoms with E-state index in [0.29, 0.717) is 35.1 Å². The minimum Gasteiger partial charge on any atom is -0.474 e. The second-order valence-corrected chi connectivity index (χ2v) is 9.48. The van der Waals surface area contributed by atoms with Gasteiger partial charge in [0, 0.05) is 17.5 Å². The van der Waals surface area contributed by atoms with Crippen LogP contribution >= 0.6 is 0 Å². The summed E-state index contributed by atoms with van der Waals surface area (Å²) in [5, 5.41) is 0. The predicted molar refractivity (Wildman–Crippen MR) is 119 cm³/mol. The van der Waals surface area contributed by atoms with Gasteiger partial charge in [0.1, 0.15) is 23.8 Å². The molecule has 1 aromatic heterocycles. The molecular formula is C23H22N2O6S. The van der Waals surface area contributed by atoms with Gasteiger partial charge in [-0.15, -0.1) is 0 Å². The lowest BCUT2D eigenvalue weighted by Gasteiger charge is -2.11. The molecule has 9 heteroatoms. The van der Waals surface area contributed by atoms with Crippen molar-refractivity contribution in [1.29, 1.82) is 0 Å². The van der Waals surface area contributed by atoms with Crippen LogP contribution in [0.5, 0.6) is 11.5 Å². The van der Waals surface area contributed by atoms with Gasteiger partial charge in [-0.3, -0.25) is 0 Å². The largest absolute Gasteiger partial charge is 0.474 e. The molecule has 32 heavy (non-hydrogen) atoms. The van der Waals surface area contributed by atoms with E-state index in [-0.39, 0.29) is 10.9 Å². The van der Waals surface area contributed by atoms with E-state index < -0.39 is 15.8 Å². The Morgan fingerprint density at radius 3 is 2.56 bits per heavy atom. The van der Waals surface area contributed by atoms with Crippen LogP contribution in [0.25, 0.3) is 11.3 Å². The predicted octanol–water partition coefficient (Wildman–Crippen LogP) is 3.83. The maximum atomic E-state index is 12.2. The molecule has 4 rings (SSSR count). The first-order valence-electron chi connectivity index (χ1n) is 9.84. The van der Waals surface area contributed by atoms with E-state index in [9.17, 15) is 13.2 Å². The zero-order chi connectivity index (χ0) is 22.9. The minimum absolute atomic E-state index is 0.0992. The Labute approximate surface area is 185 Å². The number of methoxy groups -OCH3 is 1. The van der Waals surface area contributed by atoms with Crippen LogP contribution in [0.4, 0.5) is 0 Å². The van der Waals surface area contributed by atoms with Crippen molar-refractivity contribution in [2.45, 2.75) is 17.9 Å². The molecule has 1 aliphatic heterocycles. The molecular weight excluding hydrogens is 432 g/mol. The molecule has 0 spiro atoms. The van der Waals surface area contributed by atoms with Crippen LogP contribution in [-0.4, -0.2) is 51.3 Å². The number of hydrogen-bond donors (Lipinski definition) is 1. The van der Waals surface area contributed by atoms with E-state index in [1.165, 1.54) is 25.3 Å². The van der Waals surface area contributed by atoms with Crippen LogP contribution in [0.3, 0.4) is 0 Å². The third-order valence-electron chi connectivity index (χ3n) is 4.82. The molecule has 0 amide bonds. The lowest BCUT2D eigenvalue weighted by Crippen LogP contribution is -2.03. The number of carbonyl (C=O) groups excluding carboxylic acids is 1. The van der Waals surface area contributed by atoms with E-state index in [1.807, 2.05) is 19.1 Å². The summed E-state index contributed by atoms with van der Waals surface area (Å²) < 4.78 is 40.1. The van der Waals surface area contributed by atoms with Gasteiger partial charge in [0.25, 0.3) is 0 Å². The van der Waals surface area contributed by atoms with Crippen molar-refractivity contribution in [1.82, 2.24) is 4.98 Å². The summed E-state index contributed by atoms with van der Waals surface area (Å²) in [5.74, 6) is 0.705. The summed E-state index contributed by atoms with van der Waals surface area (Å²) in [7, 11) is -2.09. The standard InChI is InChI=1S/C23H22N2O6S/c1-14-13-30-22(24-14)21-8-7-20(25-21)15-9-16(23(26)29-2)11-18(10-15)31-17-5-4-6-19(12-17)32(3,27)28/h4-12,14,25H,13H2,1-3H3/t14-/m1/s1. The van der Waals surface area contributed by atoms with Crippen LogP contribution in [0.2, 0.25) is 0 Å². The van der Waals surface area contributed by atoms with Crippen LogP contribution in [0.1, 0.15) is 23.0 Å². The highest BCUT2D eigenvalue weighted by Crippen LogP contribution is 2.30. The number of rotatable bonds is 6. The van der Waals surface area contributed by atoms with E-state index >= 15 is 0 Å².